The van der Waals surface area contributed by atoms with Gasteiger partial charge in [0.2, 0.25) is 5.91 Å². The van der Waals surface area contributed by atoms with Crippen LogP contribution in [0, 0.1) is 0 Å². The summed E-state index contributed by atoms with van der Waals surface area (Å²) in [7, 11) is -4.59. The van der Waals surface area contributed by atoms with E-state index in [0.717, 1.165) is 18.1 Å². The third-order valence-electron chi connectivity index (χ3n) is 4.47. The lowest BCUT2D eigenvalue weighted by molar-refractivity contribution is -0.114. The van der Waals surface area contributed by atoms with Crippen molar-refractivity contribution in [3.63, 3.8) is 0 Å². The number of azo groups is 1. The van der Waals surface area contributed by atoms with Gasteiger partial charge in [-0.25, -0.2) is 0 Å². The van der Waals surface area contributed by atoms with Crippen molar-refractivity contribution in [2.75, 3.05) is 5.32 Å². The molecule has 0 bridgehead atoms. The molecule has 0 aliphatic rings. The lowest BCUT2D eigenvalue weighted by Gasteiger charge is -2.23. The van der Waals surface area contributed by atoms with Gasteiger partial charge in [0.15, 0.2) is 0 Å². The first-order valence-electron chi connectivity index (χ1n) is 8.58. The van der Waals surface area contributed by atoms with Gasteiger partial charge in [-0.15, -0.1) is 5.11 Å². The third kappa shape index (κ3) is 5.14. The topological polar surface area (TPSA) is 128 Å². The van der Waals surface area contributed by atoms with E-state index in [1.807, 2.05) is 6.07 Å². The molecule has 1 amide bonds. The molecule has 0 atom stereocenters. The van der Waals surface area contributed by atoms with Crippen LogP contribution < -0.4 is 5.32 Å². The Balaban J connectivity index is 2.44. The average Bonchev–Trinajstić information content (AvgIpc) is 2.60. The van der Waals surface area contributed by atoms with Crippen LogP contribution in [-0.4, -0.2) is 24.0 Å². The lowest BCUT2D eigenvalue weighted by Crippen LogP contribution is -2.14. The molecule has 0 fully saturated rings. The summed E-state index contributed by atoms with van der Waals surface area (Å²) >= 11 is 0. The fourth-order valence-corrected chi connectivity index (χ4v) is 3.09. The Labute approximate surface area is 164 Å². The van der Waals surface area contributed by atoms with Crippen molar-refractivity contribution in [3.05, 3.63) is 42.0 Å². The Morgan fingerprint density at radius 3 is 2.39 bits per heavy atom. The number of hydrogen-bond acceptors (Lipinski definition) is 6. The number of rotatable bonds is 6. The quantitative estimate of drug-likeness (QED) is 0.474. The van der Waals surface area contributed by atoms with Gasteiger partial charge in [-0.2, -0.15) is 13.5 Å². The number of carbonyl (C=O) groups excluding carboxylic acids is 1. The van der Waals surface area contributed by atoms with Crippen LogP contribution in [0.15, 0.2) is 51.5 Å². The predicted octanol–water partition coefficient (Wildman–Crippen LogP) is 4.70. The molecule has 0 unspecified atom stereocenters. The molecule has 2 aromatic carbocycles. The van der Waals surface area contributed by atoms with Crippen LogP contribution in [0.4, 0.5) is 17.1 Å². The standard InChI is InChI=1S/C19H23N3O5S/c1-5-19(3,4)13-6-9-17(24)16(10-13)22-21-14-7-8-15(20-12(2)23)18(11-14)28(25,26)27/h6-11,24H,5H2,1-4H3,(H,20,23)(H,25,26,27). The summed E-state index contributed by atoms with van der Waals surface area (Å²) < 4.78 is 32.6. The minimum atomic E-state index is -4.59. The van der Waals surface area contributed by atoms with E-state index in [1.165, 1.54) is 25.1 Å². The van der Waals surface area contributed by atoms with Crippen molar-refractivity contribution >= 4 is 33.1 Å². The first-order chi connectivity index (χ1) is 12.9. The number of nitrogens with one attached hydrogen (secondary N) is 1. The highest BCUT2D eigenvalue weighted by molar-refractivity contribution is 7.86. The molecule has 2 aromatic rings. The molecular weight excluding hydrogens is 382 g/mol. The largest absolute Gasteiger partial charge is 0.506 e. The van der Waals surface area contributed by atoms with Gasteiger partial charge < -0.3 is 10.4 Å². The molecule has 2 rings (SSSR count). The summed E-state index contributed by atoms with van der Waals surface area (Å²) in [5.74, 6) is -0.552. The highest BCUT2D eigenvalue weighted by Crippen LogP contribution is 2.35. The number of phenols is 1. The van der Waals surface area contributed by atoms with Crippen molar-refractivity contribution in [2.45, 2.75) is 44.4 Å². The molecular formula is C19H23N3O5S. The molecule has 150 valence electrons. The van der Waals surface area contributed by atoms with E-state index in [-0.39, 0.29) is 28.2 Å². The van der Waals surface area contributed by atoms with Gasteiger partial charge in [-0.05, 0) is 47.7 Å². The van der Waals surface area contributed by atoms with E-state index in [9.17, 15) is 22.9 Å². The van der Waals surface area contributed by atoms with Crippen LogP contribution in [0.25, 0.3) is 0 Å². The summed E-state index contributed by atoms with van der Waals surface area (Å²) in [5, 5.41) is 20.3. The summed E-state index contributed by atoms with van der Waals surface area (Å²) in [5.41, 5.74) is 1.15. The Bertz CT molecular complexity index is 1030. The fourth-order valence-electron chi connectivity index (χ4n) is 2.42. The molecule has 9 heteroatoms. The minimum Gasteiger partial charge on any atom is -0.506 e. The number of carbonyl (C=O) groups is 1. The van der Waals surface area contributed by atoms with Crippen LogP contribution in [-0.2, 0) is 20.3 Å². The van der Waals surface area contributed by atoms with Crippen molar-refractivity contribution in [1.82, 2.24) is 0 Å². The number of benzene rings is 2. The normalized spacial score (nSPS) is 12.3. The van der Waals surface area contributed by atoms with Gasteiger partial charge in [-0.1, -0.05) is 26.8 Å². The number of hydrogen-bond donors (Lipinski definition) is 3. The summed E-state index contributed by atoms with van der Waals surface area (Å²) in [6, 6.07) is 8.88. The summed E-state index contributed by atoms with van der Waals surface area (Å²) in [4.78, 5) is 10.7. The maximum absolute atomic E-state index is 11.6. The molecule has 0 saturated heterocycles. The first-order valence-corrected chi connectivity index (χ1v) is 10.0. The minimum absolute atomic E-state index is 0.0655. The van der Waals surface area contributed by atoms with Gasteiger partial charge in [0, 0.05) is 6.92 Å². The van der Waals surface area contributed by atoms with E-state index in [2.05, 4.69) is 36.3 Å². The highest BCUT2D eigenvalue weighted by atomic mass is 32.2. The molecule has 0 heterocycles. The SMILES string of the molecule is CCC(C)(C)c1ccc(O)c(N=Nc2ccc(NC(C)=O)c(S(=O)(=O)O)c2)c1. The van der Waals surface area contributed by atoms with Gasteiger partial charge >= 0.3 is 0 Å². The molecule has 28 heavy (non-hydrogen) atoms. The smallest absolute Gasteiger partial charge is 0.296 e. The zero-order valence-electron chi connectivity index (χ0n) is 16.1. The summed E-state index contributed by atoms with van der Waals surface area (Å²) in [6.07, 6.45) is 0.886. The zero-order chi connectivity index (χ0) is 21.1. The second kappa shape index (κ2) is 8.07. The Morgan fingerprint density at radius 1 is 1.14 bits per heavy atom. The van der Waals surface area contributed by atoms with Crippen LogP contribution in [0.5, 0.6) is 5.75 Å². The van der Waals surface area contributed by atoms with Crippen LogP contribution in [0.1, 0.15) is 39.7 Å². The Morgan fingerprint density at radius 2 is 1.82 bits per heavy atom. The maximum atomic E-state index is 11.6. The number of phenolic OH excluding ortho intramolecular Hbond substituents is 1. The van der Waals surface area contributed by atoms with Gasteiger partial charge in [0.25, 0.3) is 10.1 Å². The van der Waals surface area contributed by atoms with Gasteiger partial charge in [-0.3, -0.25) is 9.35 Å². The number of nitrogens with zero attached hydrogens (tertiary/aromatic N) is 2. The number of aromatic hydroxyl groups is 1. The molecule has 0 aromatic heterocycles. The zero-order valence-corrected chi connectivity index (χ0v) is 16.9. The Kier molecular flexibility index (Phi) is 6.20. The lowest BCUT2D eigenvalue weighted by atomic mass is 9.82. The fraction of sp³-hybridized carbons (Fsp3) is 0.316. The monoisotopic (exact) mass is 405 g/mol. The van der Waals surface area contributed by atoms with E-state index < -0.39 is 20.9 Å². The number of amides is 1. The van der Waals surface area contributed by atoms with Crippen LogP contribution >= 0.6 is 0 Å². The van der Waals surface area contributed by atoms with Crippen LogP contribution in [0.3, 0.4) is 0 Å². The summed E-state index contributed by atoms with van der Waals surface area (Å²) in [6.45, 7) is 7.41. The van der Waals surface area contributed by atoms with Crippen LogP contribution in [0.2, 0.25) is 0 Å². The molecule has 0 radical (unpaired) electrons. The second-order valence-corrected chi connectivity index (χ2v) is 8.37. The molecule has 0 saturated carbocycles. The second-order valence-electron chi connectivity index (χ2n) is 6.98. The molecule has 3 N–H and O–H groups in total. The van der Waals surface area contributed by atoms with Crippen molar-refractivity contribution < 1.29 is 22.9 Å². The third-order valence-corrected chi connectivity index (χ3v) is 5.36. The Hall–Kier alpha value is -2.78. The van der Waals surface area contributed by atoms with E-state index >= 15 is 0 Å². The predicted molar refractivity (Wildman–Crippen MR) is 106 cm³/mol. The van der Waals surface area contributed by atoms with E-state index in [4.69, 9.17) is 0 Å². The molecule has 0 aliphatic carbocycles. The van der Waals surface area contributed by atoms with E-state index in [1.54, 1.807) is 6.07 Å². The van der Waals surface area contributed by atoms with Crippen molar-refractivity contribution in [3.8, 4) is 5.75 Å². The molecule has 8 nitrogen and oxygen atoms in total. The van der Waals surface area contributed by atoms with Gasteiger partial charge in [0.05, 0.1) is 11.4 Å². The molecule has 0 aliphatic heterocycles. The maximum Gasteiger partial charge on any atom is 0.296 e. The highest BCUT2D eigenvalue weighted by Gasteiger charge is 2.20. The number of anilines is 1. The van der Waals surface area contributed by atoms with Gasteiger partial charge in [0.1, 0.15) is 16.3 Å². The average molecular weight is 405 g/mol. The van der Waals surface area contributed by atoms with E-state index in [0.29, 0.717) is 0 Å². The molecule has 0 spiro atoms. The van der Waals surface area contributed by atoms with Crippen molar-refractivity contribution in [2.24, 2.45) is 10.2 Å². The first kappa shape index (κ1) is 21.5. The van der Waals surface area contributed by atoms with Crippen molar-refractivity contribution in [1.29, 1.82) is 0 Å².